The number of hydrogen-bond acceptors (Lipinski definition) is 5. The zero-order valence-electron chi connectivity index (χ0n) is 17.0. The summed E-state index contributed by atoms with van der Waals surface area (Å²) >= 11 is 0. The van der Waals surface area contributed by atoms with Crippen LogP contribution in [-0.2, 0) is 18.9 Å². The maximum absolute atomic E-state index is 10.4. The molecule has 2 unspecified atom stereocenters. The number of ether oxygens (including phenoxy) is 4. The van der Waals surface area contributed by atoms with Crippen molar-refractivity contribution in [3.63, 3.8) is 0 Å². The van der Waals surface area contributed by atoms with Gasteiger partial charge in [-0.1, -0.05) is 13.0 Å². The van der Waals surface area contributed by atoms with E-state index in [1.807, 2.05) is 0 Å². The van der Waals surface area contributed by atoms with Gasteiger partial charge in [0.25, 0.3) is 0 Å². The monoisotopic (exact) mass is 390 g/mol. The minimum atomic E-state index is -0.463. The summed E-state index contributed by atoms with van der Waals surface area (Å²) in [4.78, 5) is 0. The third kappa shape index (κ3) is 2.31. The second kappa shape index (κ2) is 6.27. The van der Waals surface area contributed by atoms with E-state index in [2.05, 4.69) is 19.1 Å². The van der Waals surface area contributed by atoms with Gasteiger partial charge in [-0.2, -0.15) is 0 Å². The summed E-state index contributed by atoms with van der Waals surface area (Å²) in [5.74, 6) is 2.48. The first kappa shape index (κ1) is 18.3. The minimum absolute atomic E-state index is 0.0299. The highest BCUT2D eigenvalue weighted by atomic mass is 16.7. The number of aliphatic hydroxyl groups excluding tert-OH is 1. The molecule has 0 aromatic heterocycles. The molecule has 5 fully saturated rings. The maximum Gasteiger partial charge on any atom is 0.188 e. The normalized spacial score (nSPS) is 50.6. The third-order valence-electron chi connectivity index (χ3n) is 9.46. The molecule has 4 aliphatic carbocycles. The lowest BCUT2D eigenvalue weighted by atomic mass is 9.47. The van der Waals surface area contributed by atoms with Gasteiger partial charge in [-0.3, -0.25) is 0 Å². The Hall–Kier alpha value is -0.460. The fraction of sp³-hybridized carbons (Fsp3) is 0.913. The van der Waals surface area contributed by atoms with Crippen LogP contribution in [0, 0.1) is 40.9 Å². The molecule has 2 spiro atoms. The SMILES string of the molecule is C[C@]12CC(CO)[C@H]3[C@@H](CCC4CC5(C=C[C@@H]43)OCCO5)[C@@H]1CCC21OCCO1. The van der Waals surface area contributed by atoms with Crippen molar-refractivity contribution in [1.29, 1.82) is 0 Å². The van der Waals surface area contributed by atoms with E-state index in [1.165, 1.54) is 19.3 Å². The quantitative estimate of drug-likeness (QED) is 0.697. The molecule has 5 heteroatoms. The van der Waals surface area contributed by atoms with E-state index in [0.29, 0.717) is 48.7 Å². The number of hydrogen-bond donors (Lipinski definition) is 1. The highest BCUT2D eigenvalue weighted by molar-refractivity contribution is 5.17. The fourth-order valence-corrected chi connectivity index (χ4v) is 8.45. The van der Waals surface area contributed by atoms with Crippen LogP contribution in [0.15, 0.2) is 12.2 Å². The van der Waals surface area contributed by atoms with Crippen LogP contribution in [0.1, 0.15) is 45.4 Å². The van der Waals surface area contributed by atoms with Crippen LogP contribution in [0.2, 0.25) is 0 Å². The van der Waals surface area contributed by atoms with E-state index in [1.54, 1.807) is 0 Å². The Bertz CT molecular complexity index is 649. The third-order valence-corrected chi connectivity index (χ3v) is 9.46. The summed E-state index contributed by atoms with van der Waals surface area (Å²) in [7, 11) is 0. The van der Waals surface area contributed by atoms with E-state index >= 15 is 0 Å². The number of allylic oxidation sites excluding steroid dienone is 1. The highest BCUT2D eigenvalue weighted by Crippen LogP contribution is 2.68. The van der Waals surface area contributed by atoms with Crippen molar-refractivity contribution >= 4 is 0 Å². The van der Waals surface area contributed by atoms with Gasteiger partial charge in [0.1, 0.15) is 0 Å². The molecule has 156 valence electrons. The summed E-state index contributed by atoms with van der Waals surface area (Å²) < 4.78 is 24.5. The van der Waals surface area contributed by atoms with Crippen molar-refractivity contribution < 1.29 is 24.1 Å². The van der Waals surface area contributed by atoms with Gasteiger partial charge < -0.3 is 24.1 Å². The molecule has 2 heterocycles. The van der Waals surface area contributed by atoms with Crippen molar-refractivity contribution in [2.24, 2.45) is 40.9 Å². The standard InChI is InChI=1S/C23H34O5/c1-21-12-16(14-24)20-17-4-6-22(25-8-9-26-22)13-15(17)2-3-18(20)19(21)5-7-23(21)27-10-11-28-23/h4,6,15-20,24H,2-3,5,7-14H2,1H3/t15?,16?,17-,18-,19-,20+,21-/m0/s1. The van der Waals surface area contributed by atoms with E-state index in [4.69, 9.17) is 18.9 Å². The molecule has 6 rings (SSSR count). The lowest BCUT2D eigenvalue weighted by Crippen LogP contribution is -2.57. The van der Waals surface area contributed by atoms with E-state index in [-0.39, 0.29) is 12.0 Å². The Morgan fingerprint density at radius 1 is 0.964 bits per heavy atom. The molecule has 2 saturated heterocycles. The van der Waals surface area contributed by atoms with Crippen LogP contribution >= 0.6 is 0 Å². The first-order valence-corrected chi connectivity index (χ1v) is 11.5. The molecule has 2 aliphatic heterocycles. The summed E-state index contributed by atoms with van der Waals surface area (Å²) in [6, 6.07) is 0. The van der Waals surface area contributed by atoms with Gasteiger partial charge in [0.15, 0.2) is 11.6 Å². The Morgan fingerprint density at radius 2 is 1.71 bits per heavy atom. The Morgan fingerprint density at radius 3 is 2.46 bits per heavy atom. The Kier molecular flexibility index (Phi) is 4.10. The molecule has 1 N–H and O–H groups in total. The fourth-order valence-electron chi connectivity index (χ4n) is 8.45. The predicted molar refractivity (Wildman–Crippen MR) is 102 cm³/mol. The van der Waals surface area contributed by atoms with E-state index in [0.717, 1.165) is 32.5 Å². The van der Waals surface area contributed by atoms with Gasteiger partial charge in [0.05, 0.1) is 26.4 Å². The van der Waals surface area contributed by atoms with Gasteiger partial charge in [-0.05, 0) is 67.3 Å². The average Bonchev–Trinajstić information content (AvgIpc) is 3.43. The highest BCUT2D eigenvalue weighted by Gasteiger charge is 2.67. The molecule has 7 atom stereocenters. The molecule has 0 aromatic carbocycles. The van der Waals surface area contributed by atoms with Crippen LogP contribution in [0.25, 0.3) is 0 Å². The number of fused-ring (bicyclic) bond motifs is 6. The average molecular weight is 391 g/mol. The lowest BCUT2D eigenvalue weighted by Gasteiger charge is -2.59. The number of rotatable bonds is 1. The number of aliphatic hydroxyl groups is 1. The van der Waals surface area contributed by atoms with Crippen molar-refractivity contribution in [1.82, 2.24) is 0 Å². The second-order valence-electron chi connectivity index (χ2n) is 10.4. The predicted octanol–water partition coefficient (Wildman–Crippen LogP) is 3.12. The molecule has 6 aliphatic rings. The zero-order chi connectivity index (χ0) is 19.0. The van der Waals surface area contributed by atoms with Crippen LogP contribution in [0.4, 0.5) is 0 Å². The summed E-state index contributed by atoms with van der Waals surface area (Å²) in [5.41, 5.74) is 0.0299. The smallest absolute Gasteiger partial charge is 0.188 e. The largest absolute Gasteiger partial charge is 0.396 e. The van der Waals surface area contributed by atoms with Gasteiger partial charge in [0.2, 0.25) is 0 Å². The van der Waals surface area contributed by atoms with Crippen LogP contribution in [0.3, 0.4) is 0 Å². The van der Waals surface area contributed by atoms with Crippen molar-refractivity contribution in [3.8, 4) is 0 Å². The van der Waals surface area contributed by atoms with Crippen LogP contribution in [0.5, 0.6) is 0 Å². The van der Waals surface area contributed by atoms with Gasteiger partial charge in [-0.15, -0.1) is 0 Å². The molecule has 28 heavy (non-hydrogen) atoms. The summed E-state index contributed by atoms with van der Waals surface area (Å²) in [6.07, 6.45) is 11.3. The molecule has 5 nitrogen and oxygen atoms in total. The van der Waals surface area contributed by atoms with Crippen molar-refractivity contribution in [3.05, 3.63) is 12.2 Å². The minimum Gasteiger partial charge on any atom is -0.396 e. The molecule has 3 saturated carbocycles. The molecule has 0 radical (unpaired) electrons. The van der Waals surface area contributed by atoms with Gasteiger partial charge in [0, 0.05) is 24.9 Å². The van der Waals surface area contributed by atoms with Crippen LogP contribution in [-0.4, -0.2) is 49.7 Å². The molecule has 0 bridgehead atoms. The Labute approximate surface area is 167 Å². The van der Waals surface area contributed by atoms with Crippen LogP contribution < -0.4 is 0 Å². The first-order valence-electron chi connectivity index (χ1n) is 11.5. The second-order valence-corrected chi connectivity index (χ2v) is 10.4. The topological polar surface area (TPSA) is 57.2 Å². The van der Waals surface area contributed by atoms with Gasteiger partial charge >= 0.3 is 0 Å². The molecular weight excluding hydrogens is 356 g/mol. The lowest BCUT2D eigenvalue weighted by molar-refractivity contribution is -0.252. The zero-order valence-corrected chi connectivity index (χ0v) is 17.0. The Balaban J connectivity index is 1.33. The maximum atomic E-state index is 10.4. The van der Waals surface area contributed by atoms with E-state index in [9.17, 15) is 5.11 Å². The van der Waals surface area contributed by atoms with Crippen molar-refractivity contribution in [2.75, 3.05) is 33.0 Å². The first-order chi connectivity index (χ1) is 13.6. The molecule has 0 amide bonds. The van der Waals surface area contributed by atoms with Crippen molar-refractivity contribution in [2.45, 2.75) is 57.0 Å². The van der Waals surface area contributed by atoms with E-state index < -0.39 is 11.6 Å². The van der Waals surface area contributed by atoms with Gasteiger partial charge in [-0.25, -0.2) is 0 Å². The summed E-state index contributed by atoms with van der Waals surface area (Å²) in [6.45, 7) is 5.51. The molecule has 0 aromatic rings. The summed E-state index contributed by atoms with van der Waals surface area (Å²) in [5, 5.41) is 10.4. The molecular formula is C23H34O5.